The SMILES string of the molecule is C[C@@H](C(=O)NCCOc1ccccc1C(C)(C)C)N(c1ccccc1)S(C)(=O)=O. The first kappa shape index (κ1) is 22.7. The number of rotatable bonds is 8. The number of carbonyl (C=O) groups excluding carboxylic acids is 1. The standard InChI is InChI=1S/C22H30N2O4S/c1-17(24(29(5,26)27)18-11-7-6-8-12-18)21(25)23-15-16-28-20-14-10-9-13-19(20)22(2,3)4/h6-14,17H,15-16H2,1-5H3,(H,23,25)/t17-/m0/s1. The van der Waals surface area contributed by atoms with E-state index in [0.717, 1.165) is 21.9 Å². The molecular weight excluding hydrogens is 388 g/mol. The van der Waals surface area contributed by atoms with Crippen LogP contribution in [0.1, 0.15) is 33.3 Å². The number of ether oxygens (including phenoxy) is 1. The number of hydrogen-bond acceptors (Lipinski definition) is 4. The smallest absolute Gasteiger partial charge is 0.243 e. The number of sulfonamides is 1. The Balaban J connectivity index is 1.99. The third kappa shape index (κ3) is 6.22. The molecule has 0 aliphatic carbocycles. The van der Waals surface area contributed by atoms with E-state index in [1.807, 2.05) is 24.3 Å². The van der Waals surface area contributed by atoms with Crippen LogP contribution in [-0.4, -0.2) is 39.8 Å². The summed E-state index contributed by atoms with van der Waals surface area (Å²) < 4.78 is 31.5. The third-order valence-electron chi connectivity index (χ3n) is 4.45. The lowest BCUT2D eigenvalue weighted by molar-refractivity contribution is -0.121. The van der Waals surface area contributed by atoms with Crippen molar-refractivity contribution in [2.24, 2.45) is 0 Å². The van der Waals surface area contributed by atoms with E-state index in [1.165, 1.54) is 0 Å². The zero-order valence-electron chi connectivity index (χ0n) is 17.7. The van der Waals surface area contributed by atoms with Crippen LogP contribution in [-0.2, 0) is 20.2 Å². The van der Waals surface area contributed by atoms with Crippen LogP contribution >= 0.6 is 0 Å². The molecule has 1 N–H and O–H groups in total. The van der Waals surface area contributed by atoms with Crippen molar-refractivity contribution in [2.75, 3.05) is 23.7 Å². The van der Waals surface area contributed by atoms with Crippen molar-refractivity contribution in [1.29, 1.82) is 0 Å². The van der Waals surface area contributed by atoms with Crippen molar-refractivity contribution in [2.45, 2.75) is 39.2 Å². The van der Waals surface area contributed by atoms with Crippen LogP contribution in [0.4, 0.5) is 5.69 Å². The maximum atomic E-state index is 12.6. The number of nitrogens with zero attached hydrogens (tertiary/aromatic N) is 1. The maximum Gasteiger partial charge on any atom is 0.243 e. The molecule has 1 atom stereocenters. The van der Waals surface area contributed by atoms with Crippen LogP contribution in [0.15, 0.2) is 54.6 Å². The van der Waals surface area contributed by atoms with Gasteiger partial charge in [-0.2, -0.15) is 0 Å². The summed E-state index contributed by atoms with van der Waals surface area (Å²) in [5.74, 6) is 0.399. The highest BCUT2D eigenvalue weighted by atomic mass is 32.2. The van der Waals surface area contributed by atoms with Crippen molar-refractivity contribution >= 4 is 21.6 Å². The van der Waals surface area contributed by atoms with Crippen LogP contribution in [0.5, 0.6) is 5.75 Å². The first-order valence-corrected chi connectivity index (χ1v) is 11.4. The molecule has 0 bridgehead atoms. The normalized spacial score (nSPS) is 12.9. The molecule has 0 fully saturated rings. The molecule has 6 nitrogen and oxygen atoms in total. The zero-order valence-corrected chi connectivity index (χ0v) is 18.5. The van der Waals surface area contributed by atoms with E-state index in [-0.39, 0.29) is 24.5 Å². The van der Waals surface area contributed by atoms with Crippen LogP contribution < -0.4 is 14.4 Å². The summed E-state index contributed by atoms with van der Waals surface area (Å²) in [4.78, 5) is 12.6. The molecule has 0 radical (unpaired) electrons. The number of hydrogen-bond donors (Lipinski definition) is 1. The Morgan fingerprint density at radius 2 is 1.66 bits per heavy atom. The molecular formula is C22H30N2O4S. The van der Waals surface area contributed by atoms with Crippen LogP contribution in [0.2, 0.25) is 0 Å². The minimum atomic E-state index is -3.62. The Morgan fingerprint density at radius 3 is 2.24 bits per heavy atom. The molecule has 158 valence electrons. The van der Waals surface area contributed by atoms with Crippen LogP contribution in [0.3, 0.4) is 0 Å². The van der Waals surface area contributed by atoms with Crippen LogP contribution in [0, 0.1) is 0 Å². The van der Waals surface area contributed by atoms with Gasteiger partial charge in [-0.1, -0.05) is 57.2 Å². The van der Waals surface area contributed by atoms with Gasteiger partial charge in [0.15, 0.2) is 0 Å². The Bertz CT molecular complexity index is 921. The fourth-order valence-electron chi connectivity index (χ4n) is 3.08. The highest BCUT2D eigenvalue weighted by Crippen LogP contribution is 2.30. The Morgan fingerprint density at radius 1 is 1.07 bits per heavy atom. The summed E-state index contributed by atoms with van der Waals surface area (Å²) in [6.07, 6.45) is 1.09. The Labute approximate surface area is 173 Å². The zero-order chi connectivity index (χ0) is 21.7. The quantitative estimate of drug-likeness (QED) is 0.667. The number of para-hydroxylation sites is 2. The largest absolute Gasteiger partial charge is 0.491 e. The second-order valence-electron chi connectivity index (χ2n) is 7.96. The lowest BCUT2D eigenvalue weighted by Crippen LogP contribution is -2.48. The molecule has 0 aliphatic heterocycles. The monoisotopic (exact) mass is 418 g/mol. The molecule has 1 amide bonds. The number of nitrogens with one attached hydrogen (secondary N) is 1. The van der Waals surface area contributed by atoms with Crippen molar-refractivity contribution in [3.8, 4) is 5.75 Å². The fraction of sp³-hybridized carbons (Fsp3) is 0.409. The van der Waals surface area contributed by atoms with Gasteiger partial charge in [0.25, 0.3) is 0 Å². The summed E-state index contributed by atoms with van der Waals surface area (Å²) >= 11 is 0. The van der Waals surface area contributed by atoms with Gasteiger partial charge in [-0.3, -0.25) is 9.10 Å². The van der Waals surface area contributed by atoms with Gasteiger partial charge in [-0.25, -0.2) is 8.42 Å². The first-order chi connectivity index (χ1) is 13.5. The highest BCUT2D eigenvalue weighted by molar-refractivity contribution is 7.92. The molecule has 29 heavy (non-hydrogen) atoms. The topological polar surface area (TPSA) is 75.7 Å². The fourth-order valence-corrected chi connectivity index (χ4v) is 4.25. The van der Waals surface area contributed by atoms with Crippen molar-refractivity contribution in [3.63, 3.8) is 0 Å². The van der Waals surface area contributed by atoms with Gasteiger partial charge in [0.05, 0.1) is 18.5 Å². The molecule has 0 aromatic heterocycles. The molecule has 0 saturated carbocycles. The molecule has 0 aliphatic rings. The van der Waals surface area contributed by atoms with Gasteiger partial charge in [0.1, 0.15) is 18.4 Å². The van der Waals surface area contributed by atoms with Gasteiger partial charge in [-0.05, 0) is 36.1 Å². The molecule has 0 heterocycles. The highest BCUT2D eigenvalue weighted by Gasteiger charge is 2.28. The van der Waals surface area contributed by atoms with Gasteiger partial charge in [-0.15, -0.1) is 0 Å². The van der Waals surface area contributed by atoms with E-state index < -0.39 is 16.1 Å². The summed E-state index contributed by atoms with van der Waals surface area (Å²) in [5.41, 5.74) is 1.49. The predicted octanol–water partition coefficient (Wildman–Crippen LogP) is 3.33. The van der Waals surface area contributed by atoms with Gasteiger partial charge in [0, 0.05) is 0 Å². The molecule has 7 heteroatoms. The molecule has 2 rings (SSSR count). The minimum Gasteiger partial charge on any atom is -0.491 e. The lowest BCUT2D eigenvalue weighted by atomic mass is 9.86. The number of anilines is 1. The lowest BCUT2D eigenvalue weighted by Gasteiger charge is -2.28. The predicted molar refractivity (Wildman–Crippen MR) is 117 cm³/mol. The second-order valence-corrected chi connectivity index (χ2v) is 9.82. The van der Waals surface area contributed by atoms with Gasteiger partial charge >= 0.3 is 0 Å². The Hall–Kier alpha value is -2.54. The van der Waals surface area contributed by atoms with E-state index in [2.05, 4.69) is 26.1 Å². The molecule has 0 spiro atoms. The van der Waals surface area contributed by atoms with Gasteiger partial charge < -0.3 is 10.1 Å². The molecule has 0 unspecified atom stereocenters. The average Bonchev–Trinajstić information content (AvgIpc) is 2.64. The second kappa shape index (κ2) is 9.31. The number of carbonyl (C=O) groups is 1. The molecule has 2 aromatic carbocycles. The first-order valence-electron chi connectivity index (χ1n) is 9.56. The summed E-state index contributed by atoms with van der Waals surface area (Å²) in [5, 5.41) is 2.76. The summed E-state index contributed by atoms with van der Waals surface area (Å²) in [6, 6.07) is 15.5. The van der Waals surface area contributed by atoms with E-state index in [9.17, 15) is 13.2 Å². The van der Waals surface area contributed by atoms with E-state index in [4.69, 9.17) is 4.74 Å². The average molecular weight is 419 g/mol. The van der Waals surface area contributed by atoms with Gasteiger partial charge in [0.2, 0.25) is 15.9 Å². The van der Waals surface area contributed by atoms with E-state index in [1.54, 1.807) is 37.3 Å². The minimum absolute atomic E-state index is 0.0555. The van der Waals surface area contributed by atoms with Crippen molar-refractivity contribution in [3.05, 3.63) is 60.2 Å². The number of amides is 1. The summed E-state index contributed by atoms with van der Waals surface area (Å²) in [6.45, 7) is 8.47. The van der Waals surface area contributed by atoms with Crippen LogP contribution in [0.25, 0.3) is 0 Å². The Kier molecular flexibility index (Phi) is 7.30. The number of benzene rings is 2. The van der Waals surface area contributed by atoms with E-state index in [0.29, 0.717) is 5.69 Å². The molecule has 0 saturated heterocycles. The third-order valence-corrected chi connectivity index (χ3v) is 5.69. The molecule has 2 aromatic rings. The van der Waals surface area contributed by atoms with Crippen molar-refractivity contribution in [1.82, 2.24) is 5.32 Å². The van der Waals surface area contributed by atoms with Crippen molar-refractivity contribution < 1.29 is 17.9 Å². The summed E-state index contributed by atoms with van der Waals surface area (Å²) in [7, 11) is -3.62. The van der Waals surface area contributed by atoms with E-state index >= 15 is 0 Å². The maximum absolute atomic E-state index is 12.6.